The topological polar surface area (TPSA) is 59.1 Å². The zero-order valence-corrected chi connectivity index (χ0v) is 7.22. The number of hydrogen-bond donors (Lipinski definition) is 2. The number of aliphatic hydroxyl groups is 1. The maximum atomic E-state index is 12.3. The number of rotatable bonds is 2. The first-order valence-corrected chi connectivity index (χ1v) is 3.77. The van der Waals surface area contributed by atoms with Crippen molar-refractivity contribution >= 4 is 17.4 Å². The number of aliphatic hydroxyl groups excluding tert-OH is 1. The number of pyridine rings is 1. The second-order valence-electron chi connectivity index (χ2n) is 2.35. The predicted molar refractivity (Wildman–Crippen MR) is 44.5 cm³/mol. The molecule has 0 saturated heterocycles. The van der Waals surface area contributed by atoms with E-state index in [1.807, 2.05) is 0 Å². The summed E-state index contributed by atoms with van der Waals surface area (Å²) in [5, 5.41) is 8.66. The molecule has 0 aliphatic rings. The lowest BCUT2D eigenvalue weighted by molar-refractivity contribution is 0.146. The van der Waals surface area contributed by atoms with Crippen LogP contribution in [0.4, 0.5) is 14.6 Å². The number of hydrogen-bond acceptors (Lipinski definition) is 3. The maximum Gasteiger partial charge on any atom is 0.265 e. The van der Waals surface area contributed by atoms with Crippen molar-refractivity contribution in [2.24, 2.45) is 0 Å². The Balaban J connectivity index is 3.30. The van der Waals surface area contributed by atoms with Crippen LogP contribution in [0, 0.1) is 0 Å². The smallest absolute Gasteiger partial charge is 0.265 e. The fraction of sp³-hybridized carbons (Fsp3) is 0.286. The predicted octanol–water partition coefficient (Wildman–Crippen LogP) is 1.75. The van der Waals surface area contributed by atoms with E-state index in [2.05, 4.69) is 4.98 Å². The molecule has 6 heteroatoms. The number of anilines is 1. The van der Waals surface area contributed by atoms with E-state index < -0.39 is 13.0 Å². The van der Waals surface area contributed by atoms with Crippen LogP contribution in [0.25, 0.3) is 0 Å². The molecule has 1 heterocycles. The summed E-state index contributed by atoms with van der Waals surface area (Å²) in [5.74, 6) is -0.0601. The molecule has 0 aliphatic carbocycles. The van der Waals surface area contributed by atoms with Crippen molar-refractivity contribution in [2.75, 3.05) is 5.73 Å². The monoisotopic (exact) mass is 208 g/mol. The summed E-state index contributed by atoms with van der Waals surface area (Å²) in [6.07, 6.45) is -1.80. The average Bonchev–Trinajstić information content (AvgIpc) is 2.09. The van der Waals surface area contributed by atoms with Gasteiger partial charge in [0.15, 0.2) is 0 Å². The molecule has 1 rings (SSSR count). The minimum Gasteiger partial charge on any atom is -0.392 e. The van der Waals surface area contributed by atoms with E-state index in [1.165, 1.54) is 0 Å². The lowest BCUT2D eigenvalue weighted by Crippen LogP contribution is -2.01. The van der Waals surface area contributed by atoms with Crippen LogP contribution in [0.2, 0.25) is 5.02 Å². The average molecular weight is 209 g/mol. The zero-order valence-electron chi connectivity index (χ0n) is 6.47. The van der Waals surface area contributed by atoms with E-state index in [1.54, 1.807) is 0 Å². The first-order chi connectivity index (χ1) is 6.07. The summed E-state index contributed by atoms with van der Waals surface area (Å²) >= 11 is 5.56. The normalized spacial score (nSPS) is 10.8. The molecule has 0 amide bonds. The SMILES string of the molecule is Nc1ncc(C(F)F)c(CO)c1Cl. The van der Waals surface area contributed by atoms with E-state index in [0.29, 0.717) is 0 Å². The quantitative estimate of drug-likeness (QED) is 0.779. The van der Waals surface area contributed by atoms with Crippen molar-refractivity contribution in [1.82, 2.24) is 4.98 Å². The molecule has 1 aromatic rings. The molecule has 0 bridgehead atoms. The van der Waals surface area contributed by atoms with Gasteiger partial charge >= 0.3 is 0 Å². The molecule has 0 saturated carbocycles. The third-order valence-corrected chi connectivity index (χ3v) is 2.00. The van der Waals surface area contributed by atoms with Gasteiger partial charge in [-0.1, -0.05) is 11.6 Å². The molecule has 0 spiro atoms. The third-order valence-electron chi connectivity index (χ3n) is 1.57. The van der Waals surface area contributed by atoms with Gasteiger partial charge < -0.3 is 10.8 Å². The number of halogens is 3. The molecular formula is C7H7ClF2N2O. The van der Waals surface area contributed by atoms with Gasteiger partial charge in [0.2, 0.25) is 0 Å². The summed E-state index contributed by atoms with van der Waals surface area (Å²) in [5.41, 5.74) is 4.81. The molecule has 3 N–H and O–H groups in total. The fourth-order valence-electron chi connectivity index (χ4n) is 0.904. The Morgan fingerprint density at radius 2 is 2.23 bits per heavy atom. The number of aromatic nitrogens is 1. The van der Waals surface area contributed by atoms with E-state index in [-0.39, 0.29) is 22.0 Å². The number of alkyl halides is 2. The summed E-state index contributed by atoms with van der Waals surface area (Å²) in [7, 11) is 0. The van der Waals surface area contributed by atoms with E-state index >= 15 is 0 Å². The van der Waals surface area contributed by atoms with Crippen molar-refractivity contribution in [3.63, 3.8) is 0 Å². The van der Waals surface area contributed by atoms with Gasteiger partial charge in [0, 0.05) is 17.3 Å². The highest BCUT2D eigenvalue weighted by atomic mass is 35.5. The van der Waals surface area contributed by atoms with Crippen LogP contribution in [0.3, 0.4) is 0 Å². The Kier molecular flexibility index (Phi) is 3.00. The Morgan fingerprint density at radius 1 is 1.62 bits per heavy atom. The van der Waals surface area contributed by atoms with Gasteiger partial charge in [0.05, 0.1) is 11.6 Å². The van der Waals surface area contributed by atoms with Gasteiger partial charge in [-0.15, -0.1) is 0 Å². The number of nitrogens with two attached hydrogens (primary N) is 1. The molecule has 0 fully saturated rings. The second kappa shape index (κ2) is 3.85. The Labute approximate surface area is 78.1 Å². The van der Waals surface area contributed by atoms with Crippen molar-refractivity contribution in [1.29, 1.82) is 0 Å². The minimum atomic E-state index is -2.72. The molecule has 72 valence electrons. The fourth-order valence-corrected chi connectivity index (χ4v) is 1.12. The molecule has 0 radical (unpaired) electrons. The highest BCUT2D eigenvalue weighted by Crippen LogP contribution is 2.30. The Hall–Kier alpha value is -0.940. The van der Waals surface area contributed by atoms with Gasteiger partial charge in [-0.3, -0.25) is 0 Å². The molecule has 1 aromatic heterocycles. The van der Waals surface area contributed by atoms with E-state index in [9.17, 15) is 8.78 Å². The largest absolute Gasteiger partial charge is 0.392 e. The lowest BCUT2D eigenvalue weighted by Gasteiger charge is -2.08. The molecule has 0 aliphatic heterocycles. The van der Waals surface area contributed by atoms with Crippen molar-refractivity contribution < 1.29 is 13.9 Å². The maximum absolute atomic E-state index is 12.3. The van der Waals surface area contributed by atoms with Crippen LogP contribution in [0.5, 0.6) is 0 Å². The van der Waals surface area contributed by atoms with Crippen molar-refractivity contribution in [2.45, 2.75) is 13.0 Å². The summed E-state index contributed by atoms with van der Waals surface area (Å²) in [6.45, 7) is -0.578. The molecule has 0 atom stereocenters. The minimum absolute atomic E-state index is 0.0601. The summed E-state index contributed by atoms with van der Waals surface area (Å²) in [6, 6.07) is 0. The molecule has 0 unspecified atom stereocenters. The zero-order chi connectivity index (χ0) is 10.0. The van der Waals surface area contributed by atoms with Crippen molar-refractivity contribution in [3.8, 4) is 0 Å². The van der Waals surface area contributed by atoms with E-state index in [0.717, 1.165) is 6.20 Å². The number of nitrogens with zero attached hydrogens (tertiary/aromatic N) is 1. The van der Waals surface area contributed by atoms with Crippen LogP contribution in [0.15, 0.2) is 6.20 Å². The van der Waals surface area contributed by atoms with Gasteiger partial charge in [-0.2, -0.15) is 0 Å². The summed E-state index contributed by atoms with van der Waals surface area (Å²) < 4.78 is 24.6. The Morgan fingerprint density at radius 3 is 2.69 bits per heavy atom. The number of nitrogen functional groups attached to an aromatic ring is 1. The van der Waals surface area contributed by atoms with Gasteiger partial charge in [-0.05, 0) is 0 Å². The van der Waals surface area contributed by atoms with Gasteiger partial charge in [0.1, 0.15) is 5.82 Å². The van der Waals surface area contributed by atoms with Crippen LogP contribution < -0.4 is 5.73 Å². The molecule has 13 heavy (non-hydrogen) atoms. The highest BCUT2D eigenvalue weighted by molar-refractivity contribution is 6.33. The second-order valence-corrected chi connectivity index (χ2v) is 2.73. The molecule has 0 aromatic carbocycles. The molecule has 3 nitrogen and oxygen atoms in total. The molecular weight excluding hydrogens is 202 g/mol. The first-order valence-electron chi connectivity index (χ1n) is 3.39. The van der Waals surface area contributed by atoms with Crippen LogP contribution in [-0.4, -0.2) is 10.1 Å². The van der Waals surface area contributed by atoms with Gasteiger partial charge in [-0.25, -0.2) is 13.8 Å². The van der Waals surface area contributed by atoms with Crippen molar-refractivity contribution in [3.05, 3.63) is 22.3 Å². The van der Waals surface area contributed by atoms with Crippen LogP contribution >= 0.6 is 11.6 Å². The highest BCUT2D eigenvalue weighted by Gasteiger charge is 2.17. The lowest BCUT2D eigenvalue weighted by atomic mass is 10.1. The van der Waals surface area contributed by atoms with Crippen LogP contribution in [0.1, 0.15) is 17.6 Å². The summed E-state index contributed by atoms with van der Waals surface area (Å²) in [4.78, 5) is 3.46. The standard InChI is InChI=1S/C7H7ClF2N2O/c8-5-4(2-13)3(6(9)10)1-12-7(5)11/h1,6,13H,2H2,(H2,11,12). The van der Waals surface area contributed by atoms with Crippen LogP contribution in [-0.2, 0) is 6.61 Å². The first kappa shape index (κ1) is 10.1. The van der Waals surface area contributed by atoms with E-state index in [4.69, 9.17) is 22.4 Å². The Bertz CT molecular complexity index is 320. The third kappa shape index (κ3) is 1.87. The van der Waals surface area contributed by atoms with Gasteiger partial charge in [0.25, 0.3) is 6.43 Å².